The number of hydrogen-bond donors (Lipinski definition) is 1. The fraction of sp³-hybridized carbons (Fsp3) is 0.286. The van der Waals surface area contributed by atoms with Gasteiger partial charge in [0.05, 0.1) is 0 Å². The van der Waals surface area contributed by atoms with Gasteiger partial charge in [-0.2, -0.15) is 0 Å². The van der Waals surface area contributed by atoms with Gasteiger partial charge in [0.15, 0.2) is 0 Å². The fourth-order valence-electron chi connectivity index (χ4n) is 1.88. The van der Waals surface area contributed by atoms with Crippen LogP contribution in [0.25, 0.3) is 10.8 Å². The molecule has 0 saturated carbocycles. The van der Waals surface area contributed by atoms with Crippen LogP contribution in [0, 0.1) is 0 Å². The van der Waals surface area contributed by atoms with Gasteiger partial charge < -0.3 is 10.6 Å². The standard InChI is InChI=1S/C14H18N2/c1-16(2)14-6-5-12-9-11(7-8-15)3-4-13(12)10-14/h3-6,9-10H,7-8,15H2,1-2H3. The summed E-state index contributed by atoms with van der Waals surface area (Å²) in [7, 11) is 4.12. The van der Waals surface area contributed by atoms with Gasteiger partial charge in [0.1, 0.15) is 0 Å². The Morgan fingerprint density at radius 3 is 2.38 bits per heavy atom. The average Bonchev–Trinajstić information content (AvgIpc) is 2.28. The van der Waals surface area contributed by atoms with Gasteiger partial charge in [-0.1, -0.05) is 24.3 Å². The molecule has 2 heteroatoms. The monoisotopic (exact) mass is 214 g/mol. The maximum absolute atomic E-state index is 5.56. The Morgan fingerprint density at radius 2 is 1.69 bits per heavy atom. The van der Waals surface area contributed by atoms with E-state index in [1.54, 1.807) is 0 Å². The first kappa shape index (κ1) is 11.0. The summed E-state index contributed by atoms with van der Waals surface area (Å²) >= 11 is 0. The SMILES string of the molecule is CN(C)c1ccc2cc(CCN)ccc2c1. The summed E-state index contributed by atoms with van der Waals surface area (Å²) in [6.45, 7) is 0.710. The predicted molar refractivity (Wildman–Crippen MR) is 71.0 cm³/mol. The first-order chi connectivity index (χ1) is 7.70. The highest BCUT2D eigenvalue weighted by molar-refractivity contribution is 5.86. The molecule has 0 unspecified atom stereocenters. The van der Waals surface area contributed by atoms with Gasteiger partial charge in [-0.3, -0.25) is 0 Å². The summed E-state index contributed by atoms with van der Waals surface area (Å²) < 4.78 is 0. The number of benzene rings is 2. The molecule has 0 fully saturated rings. The van der Waals surface area contributed by atoms with Crippen LogP contribution in [0.1, 0.15) is 5.56 Å². The highest BCUT2D eigenvalue weighted by Gasteiger charge is 1.99. The zero-order valence-electron chi connectivity index (χ0n) is 9.90. The second-order valence-corrected chi connectivity index (χ2v) is 4.30. The molecule has 2 rings (SSSR count). The van der Waals surface area contributed by atoms with E-state index in [0.29, 0.717) is 6.54 Å². The topological polar surface area (TPSA) is 29.3 Å². The molecule has 0 amide bonds. The lowest BCUT2D eigenvalue weighted by Gasteiger charge is -2.13. The van der Waals surface area contributed by atoms with Crippen molar-refractivity contribution >= 4 is 16.5 Å². The highest BCUT2D eigenvalue weighted by atomic mass is 15.1. The first-order valence-corrected chi connectivity index (χ1v) is 5.61. The van der Waals surface area contributed by atoms with E-state index in [4.69, 9.17) is 5.73 Å². The molecule has 0 saturated heterocycles. The molecule has 0 atom stereocenters. The van der Waals surface area contributed by atoms with Gasteiger partial charge in [-0.25, -0.2) is 0 Å². The second-order valence-electron chi connectivity index (χ2n) is 4.30. The lowest BCUT2D eigenvalue weighted by atomic mass is 10.0. The van der Waals surface area contributed by atoms with Crippen molar-refractivity contribution in [3.63, 3.8) is 0 Å². The van der Waals surface area contributed by atoms with Gasteiger partial charge in [0.2, 0.25) is 0 Å². The Bertz CT molecular complexity index is 489. The van der Waals surface area contributed by atoms with E-state index in [2.05, 4.69) is 55.4 Å². The number of nitrogens with zero attached hydrogens (tertiary/aromatic N) is 1. The van der Waals surface area contributed by atoms with E-state index >= 15 is 0 Å². The number of nitrogens with two attached hydrogens (primary N) is 1. The second kappa shape index (κ2) is 4.54. The van der Waals surface area contributed by atoms with Crippen molar-refractivity contribution < 1.29 is 0 Å². The van der Waals surface area contributed by atoms with Gasteiger partial charge in [0.25, 0.3) is 0 Å². The summed E-state index contributed by atoms with van der Waals surface area (Å²) in [6, 6.07) is 13.1. The molecule has 0 aliphatic heterocycles. The van der Waals surface area contributed by atoms with Crippen LogP contribution in [0.5, 0.6) is 0 Å². The van der Waals surface area contributed by atoms with Gasteiger partial charge in [-0.15, -0.1) is 0 Å². The van der Waals surface area contributed by atoms with Crippen molar-refractivity contribution in [2.45, 2.75) is 6.42 Å². The Balaban J connectivity index is 2.44. The molecule has 84 valence electrons. The normalized spacial score (nSPS) is 10.7. The summed E-state index contributed by atoms with van der Waals surface area (Å²) in [5, 5.41) is 2.57. The van der Waals surface area contributed by atoms with Crippen LogP contribution in [-0.4, -0.2) is 20.6 Å². The first-order valence-electron chi connectivity index (χ1n) is 5.61. The fourth-order valence-corrected chi connectivity index (χ4v) is 1.88. The van der Waals surface area contributed by atoms with E-state index in [0.717, 1.165) is 6.42 Å². The van der Waals surface area contributed by atoms with E-state index in [9.17, 15) is 0 Å². The average molecular weight is 214 g/mol. The predicted octanol–water partition coefficient (Wildman–Crippen LogP) is 2.41. The largest absolute Gasteiger partial charge is 0.378 e. The molecule has 0 radical (unpaired) electrons. The van der Waals surface area contributed by atoms with Gasteiger partial charge in [-0.05, 0) is 41.4 Å². The summed E-state index contributed by atoms with van der Waals surface area (Å²) in [4.78, 5) is 2.12. The van der Waals surface area contributed by atoms with E-state index < -0.39 is 0 Å². The third-order valence-electron chi connectivity index (χ3n) is 2.84. The molecule has 0 spiro atoms. The Morgan fingerprint density at radius 1 is 1.00 bits per heavy atom. The molecule has 0 aromatic heterocycles. The van der Waals surface area contributed by atoms with Crippen molar-refractivity contribution in [1.82, 2.24) is 0 Å². The van der Waals surface area contributed by atoms with Crippen molar-refractivity contribution in [2.24, 2.45) is 5.73 Å². The minimum atomic E-state index is 0.710. The smallest absolute Gasteiger partial charge is 0.0367 e. The summed E-state index contributed by atoms with van der Waals surface area (Å²) in [5.74, 6) is 0. The summed E-state index contributed by atoms with van der Waals surface area (Å²) in [5.41, 5.74) is 8.11. The van der Waals surface area contributed by atoms with Crippen LogP contribution in [0.15, 0.2) is 36.4 Å². The van der Waals surface area contributed by atoms with Crippen LogP contribution in [0.4, 0.5) is 5.69 Å². The van der Waals surface area contributed by atoms with Crippen LogP contribution in [0.2, 0.25) is 0 Å². The highest BCUT2D eigenvalue weighted by Crippen LogP contribution is 2.22. The van der Waals surface area contributed by atoms with Crippen molar-refractivity contribution in [3.05, 3.63) is 42.0 Å². The van der Waals surface area contributed by atoms with Crippen molar-refractivity contribution in [1.29, 1.82) is 0 Å². The molecule has 0 bridgehead atoms. The molecule has 0 aliphatic rings. The van der Waals surface area contributed by atoms with Crippen molar-refractivity contribution in [2.75, 3.05) is 25.5 Å². The molecule has 2 N–H and O–H groups in total. The lowest BCUT2D eigenvalue weighted by molar-refractivity contribution is 0.971. The number of anilines is 1. The van der Waals surface area contributed by atoms with Crippen LogP contribution in [-0.2, 0) is 6.42 Å². The van der Waals surface area contributed by atoms with E-state index in [-0.39, 0.29) is 0 Å². The minimum Gasteiger partial charge on any atom is -0.378 e. The molecular formula is C14H18N2. The third-order valence-corrected chi connectivity index (χ3v) is 2.84. The third kappa shape index (κ3) is 2.17. The van der Waals surface area contributed by atoms with Crippen LogP contribution >= 0.6 is 0 Å². The Kier molecular flexibility index (Phi) is 3.11. The van der Waals surface area contributed by atoms with Crippen LogP contribution < -0.4 is 10.6 Å². The molecule has 0 aliphatic carbocycles. The molecule has 2 aromatic rings. The number of rotatable bonds is 3. The number of hydrogen-bond acceptors (Lipinski definition) is 2. The Labute approximate surface area is 96.7 Å². The lowest BCUT2D eigenvalue weighted by Crippen LogP contribution is -2.08. The van der Waals surface area contributed by atoms with Gasteiger partial charge >= 0.3 is 0 Å². The Hall–Kier alpha value is -1.54. The van der Waals surface area contributed by atoms with E-state index in [1.807, 2.05) is 0 Å². The number of fused-ring (bicyclic) bond motifs is 1. The molecule has 2 aromatic carbocycles. The summed E-state index contributed by atoms with van der Waals surface area (Å²) in [6.07, 6.45) is 0.950. The van der Waals surface area contributed by atoms with E-state index in [1.165, 1.54) is 22.0 Å². The zero-order chi connectivity index (χ0) is 11.5. The van der Waals surface area contributed by atoms with Crippen molar-refractivity contribution in [3.8, 4) is 0 Å². The zero-order valence-corrected chi connectivity index (χ0v) is 9.90. The molecule has 16 heavy (non-hydrogen) atoms. The molecule has 2 nitrogen and oxygen atoms in total. The maximum atomic E-state index is 5.56. The maximum Gasteiger partial charge on any atom is 0.0367 e. The molecule has 0 heterocycles. The molecular weight excluding hydrogens is 196 g/mol. The van der Waals surface area contributed by atoms with Crippen LogP contribution in [0.3, 0.4) is 0 Å². The quantitative estimate of drug-likeness (QED) is 0.850. The van der Waals surface area contributed by atoms with Gasteiger partial charge in [0, 0.05) is 19.8 Å². The minimum absolute atomic E-state index is 0.710.